The number of nitrogens with one attached hydrogen (secondary N) is 1. The standard InChI is InChI=1S/C20H20Cl2FN3O2/c21-14-5-6-18(17(23)13-14)24-19(27)7-8-25-9-11-26(12-10-25)20(28)15-3-1-2-4-16(15)22/h1-6,13H,7-12H2,(H,24,27). The van der Waals surface area contributed by atoms with Gasteiger partial charge >= 0.3 is 0 Å². The van der Waals surface area contributed by atoms with Crippen LogP contribution in [0.2, 0.25) is 10.0 Å². The maximum Gasteiger partial charge on any atom is 0.255 e. The van der Waals surface area contributed by atoms with Gasteiger partial charge in [0.25, 0.3) is 5.91 Å². The fraction of sp³-hybridized carbons (Fsp3) is 0.300. The molecule has 5 nitrogen and oxygen atoms in total. The molecule has 1 aliphatic rings. The zero-order chi connectivity index (χ0) is 20.1. The van der Waals surface area contributed by atoms with Crippen molar-refractivity contribution in [3.05, 3.63) is 63.9 Å². The number of piperazine rings is 1. The molecule has 0 radical (unpaired) electrons. The summed E-state index contributed by atoms with van der Waals surface area (Å²) in [5.41, 5.74) is 0.617. The lowest BCUT2D eigenvalue weighted by Gasteiger charge is -2.34. The number of nitrogens with zero attached hydrogens (tertiary/aromatic N) is 2. The first kappa shape index (κ1) is 20.6. The number of anilines is 1. The average Bonchev–Trinajstić information content (AvgIpc) is 2.69. The van der Waals surface area contributed by atoms with Crippen LogP contribution in [-0.4, -0.2) is 54.3 Å². The van der Waals surface area contributed by atoms with E-state index in [1.807, 2.05) is 0 Å². The van der Waals surface area contributed by atoms with Crippen LogP contribution in [0.15, 0.2) is 42.5 Å². The quantitative estimate of drug-likeness (QED) is 0.792. The lowest BCUT2D eigenvalue weighted by molar-refractivity contribution is -0.116. The van der Waals surface area contributed by atoms with Crippen molar-refractivity contribution in [3.63, 3.8) is 0 Å². The number of carbonyl (C=O) groups excluding carboxylic acids is 2. The number of amides is 2. The van der Waals surface area contributed by atoms with Gasteiger partial charge in [0.05, 0.1) is 16.3 Å². The van der Waals surface area contributed by atoms with E-state index in [-0.39, 0.29) is 28.9 Å². The molecule has 0 saturated carbocycles. The highest BCUT2D eigenvalue weighted by atomic mass is 35.5. The van der Waals surface area contributed by atoms with Crippen molar-refractivity contribution >= 4 is 40.7 Å². The van der Waals surface area contributed by atoms with Crippen LogP contribution in [0.25, 0.3) is 0 Å². The smallest absolute Gasteiger partial charge is 0.255 e. The summed E-state index contributed by atoms with van der Waals surface area (Å²) in [5, 5.41) is 3.28. The summed E-state index contributed by atoms with van der Waals surface area (Å²) in [5.74, 6) is -0.912. The number of carbonyl (C=O) groups is 2. The predicted octanol–water partition coefficient (Wildman–Crippen LogP) is 3.92. The van der Waals surface area contributed by atoms with Gasteiger partial charge < -0.3 is 10.2 Å². The molecule has 2 aromatic rings. The van der Waals surface area contributed by atoms with Gasteiger partial charge in [0.2, 0.25) is 5.91 Å². The number of rotatable bonds is 5. The second-order valence-corrected chi connectivity index (χ2v) is 7.38. The molecule has 0 bridgehead atoms. The fourth-order valence-corrected chi connectivity index (χ4v) is 3.42. The van der Waals surface area contributed by atoms with E-state index in [0.29, 0.717) is 43.3 Å². The minimum Gasteiger partial charge on any atom is -0.336 e. The Labute approximate surface area is 173 Å². The zero-order valence-electron chi connectivity index (χ0n) is 15.1. The summed E-state index contributed by atoms with van der Waals surface area (Å²) in [6, 6.07) is 11.1. The first-order valence-corrected chi connectivity index (χ1v) is 9.70. The Morgan fingerprint density at radius 2 is 1.75 bits per heavy atom. The molecule has 2 amide bonds. The van der Waals surface area contributed by atoms with Crippen molar-refractivity contribution in [2.75, 3.05) is 38.0 Å². The number of hydrogen-bond acceptors (Lipinski definition) is 3. The van der Waals surface area contributed by atoms with Gasteiger partial charge in [-0.3, -0.25) is 14.5 Å². The summed E-state index contributed by atoms with van der Waals surface area (Å²) in [7, 11) is 0. The number of hydrogen-bond donors (Lipinski definition) is 1. The van der Waals surface area contributed by atoms with Gasteiger partial charge in [-0.15, -0.1) is 0 Å². The second-order valence-electron chi connectivity index (χ2n) is 6.54. The normalized spacial score (nSPS) is 14.8. The van der Waals surface area contributed by atoms with E-state index in [2.05, 4.69) is 10.2 Å². The first-order chi connectivity index (χ1) is 13.4. The van der Waals surface area contributed by atoms with E-state index >= 15 is 0 Å². The summed E-state index contributed by atoms with van der Waals surface area (Å²) >= 11 is 11.8. The number of halogens is 3. The van der Waals surface area contributed by atoms with Crippen LogP contribution in [0, 0.1) is 5.82 Å². The fourth-order valence-electron chi connectivity index (χ4n) is 3.04. The van der Waals surface area contributed by atoms with E-state index in [0.717, 1.165) is 6.07 Å². The van der Waals surface area contributed by atoms with Crippen LogP contribution in [0.1, 0.15) is 16.8 Å². The van der Waals surface area contributed by atoms with Gasteiger partial charge in [0.1, 0.15) is 5.82 Å². The van der Waals surface area contributed by atoms with E-state index in [4.69, 9.17) is 23.2 Å². The van der Waals surface area contributed by atoms with E-state index in [9.17, 15) is 14.0 Å². The second kappa shape index (κ2) is 9.37. The SMILES string of the molecule is O=C(CCN1CCN(C(=O)c2ccccc2Cl)CC1)Nc1ccc(Cl)cc1F. The van der Waals surface area contributed by atoms with E-state index in [1.54, 1.807) is 29.2 Å². The molecule has 3 rings (SSSR count). The van der Waals surface area contributed by atoms with Crippen molar-refractivity contribution in [1.29, 1.82) is 0 Å². The highest BCUT2D eigenvalue weighted by Gasteiger charge is 2.23. The van der Waals surface area contributed by atoms with Gasteiger partial charge in [-0.25, -0.2) is 4.39 Å². The Balaban J connectivity index is 1.45. The molecule has 0 spiro atoms. The topological polar surface area (TPSA) is 52.7 Å². The van der Waals surface area contributed by atoms with Gasteiger partial charge in [0, 0.05) is 44.2 Å². The molecule has 1 aliphatic heterocycles. The molecule has 148 valence electrons. The summed E-state index contributed by atoms with van der Waals surface area (Å²) in [4.78, 5) is 28.5. The van der Waals surface area contributed by atoms with Gasteiger partial charge in [-0.1, -0.05) is 35.3 Å². The maximum atomic E-state index is 13.7. The molecule has 1 fully saturated rings. The Kier molecular flexibility index (Phi) is 6.88. The van der Waals surface area contributed by atoms with Crippen molar-refractivity contribution in [2.24, 2.45) is 0 Å². The van der Waals surface area contributed by atoms with Crippen molar-refractivity contribution in [1.82, 2.24) is 9.80 Å². The van der Waals surface area contributed by atoms with E-state index < -0.39 is 5.82 Å². The molecule has 0 aromatic heterocycles. The third-order valence-corrected chi connectivity index (χ3v) is 5.19. The molecular formula is C20H20Cl2FN3O2. The highest BCUT2D eigenvalue weighted by Crippen LogP contribution is 2.20. The molecule has 0 unspecified atom stereocenters. The number of benzene rings is 2. The zero-order valence-corrected chi connectivity index (χ0v) is 16.6. The van der Waals surface area contributed by atoms with Crippen LogP contribution in [0.3, 0.4) is 0 Å². The highest BCUT2D eigenvalue weighted by molar-refractivity contribution is 6.33. The molecule has 28 heavy (non-hydrogen) atoms. The van der Waals surface area contributed by atoms with Gasteiger partial charge in [-0.2, -0.15) is 0 Å². The van der Waals surface area contributed by atoms with Gasteiger partial charge in [-0.05, 0) is 30.3 Å². The van der Waals surface area contributed by atoms with Crippen LogP contribution < -0.4 is 5.32 Å². The van der Waals surface area contributed by atoms with Crippen LogP contribution in [0.4, 0.5) is 10.1 Å². The summed E-state index contributed by atoms with van der Waals surface area (Å²) in [6.45, 7) is 3.00. The lowest BCUT2D eigenvalue weighted by Crippen LogP contribution is -2.49. The maximum absolute atomic E-state index is 13.7. The molecular weight excluding hydrogens is 404 g/mol. The average molecular weight is 424 g/mol. The summed E-state index contributed by atoms with van der Waals surface area (Å²) in [6.07, 6.45) is 0.237. The Bertz CT molecular complexity index is 870. The van der Waals surface area contributed by atoms with Crippen molar-refractivity contribution in [3.8, 4) is 0 Å². The van der Waals surface area contributed by atoms with Crippen LogP contribution in [-0.2, 0) is 4.79 Å². The Hall–Kier alpha value is -2.15. The van der Waals surface area contributed by atoms with Crippen LogP contribution in [0.5, 0.6) is 0 Å². The Morgan fingerprint density at radius 1 is 1.04 bits per heavy atom. The van der Waals surface area contributed by atoms with Crippen molar-refractivity contribution < 1.29 is 14.0 Å². The monoisotopic (exact) mass is 423 g/mol. The Morgan fingerprint density at radius 3 is 2.43 bits per heavy atom. The van der Waals surface area contributed by atoms with E-state index in [1.165, 1.54) is 12.1 Å². The minimum absolute atomic E-state index is 0.0822. The molecule has 1 N–H and O–H groups in total. The molecule has 1 saturated heterocycles. The van der Waals surface area contributed by atoms with Gasteiger partial charge in [0.15, 0.2) is 0 Å². The lowest BCUT2D eigenvalue weighted by atomic mass is 10.1. The molecule has 8 heteroatoms. The summed E-state index contributed by atoms with van der Waals surface area (Å²) < 4.78 is 13.7. The molecule has 1 heterocycles. The molecule has 0 atom stereocenters. The molecule has 0 aliphatic carbocycles. The molecule has 2 aromatic carbocycles. The predicted molar refractivity (Wildman–Crippen MR) is 108 cm³/mol. The first-order valence-electron chi connectivity index (χ1n) is 8.95. The minimum atomic E-state index is -0.562. The van der Waals surface area contributed by atoms with Crippen molar-refractivity contribution in [2.45, 2.75) is 6.42 Å². The third-order valence-electron chi connectivity index (χ3n) is 4.62. The largest absolute Gasteiger partial charge is 0.336 e. The van der Waals surface area contributed by atoms with Crippen LogP contribution >= 0.6 is 23.2 Å². The third kappa shape index (κ3) is 5.22.